The van der Waals surface area contributed by atoms with Crippen molar-refractivity contribution in [1.82, 2.24) is 0 Å². The number of ether oxygens (including phenoxy) is 1. The molecule has 0 aliphatic rings. The lowest BCUT2D eigenvalue weighted by Gasteiger charge is -2.09. The third-order valence-corrected chi connectivity index (χ3v) is 3.64. The standard InChI is InChI=1S/C21H16N2O2/c22-14-16-6-8-17(9-7-16)15-25-20-12-10-19(11-13-20)23-21(24)18-4-2-1-3-5-18/h1-13H,15H2,(H,23,24). The molecule has 1 N–H and O–H groups in total. The Bertz CT molecular complexity index is 880. The van der Waals surface area contributed by atoms with Gasteiger partial charge in [0.05, 0.1) is 11.6 Å². The second kappa shape index (κ2) is 7.80. The Hall–Kier alpha value is -3.58. The molecule has 0 saturated heterocycles. The van der Waals surface area contributed by atoms with Crippen molar-refractivity contribution in [2.24, 2.45) is 0 Å². The molecule has 0 aliphatic heterocycles. The van der Waals surface area contributed by atoms with Gasteiger partial charge in [-0.1, -0.05) is 30.3 Å². The van der Waals surface area contributed by atoms with Crippen LogP contribution < -0.4 is 10.1 Å². The van der Waals surface area contributed by atoms with Crippen molar-refractivity contribution < 1.29 is 9.53 Å². The Morgan fingerprint density at radius 2 is 1.60 bits per heavy atom. The minimum absolute atomic E-state index is 0.146. The van der Waals surface area contributed by atoms with E-state index in [0.717, 1.165) is 5.56 Å². The molecule has 3 aromatic carbocycles. The number of anilines is 1. The molecular formula is C21H16N2O2. The fourth-order valence-electron chi connectivity index (χ4n) is 2.27. The summed E-state index contributed by atoms with van der Waals surface area (Å²) < 4.78 is 5.71. The number of nitrogens with one attached hydrogen (secondary N) is 1. The van der Waals surface area contributed by atoms with Crippen molar-refractivity contribution in [3.05, 3.63) is 95.6 Å². The van der Waals surface area contributed by atoms with Crippen LogP contribution in [0, 0.1) is 11.3 Å². The Balaban J connectivity index is 1.56. The van der Waals surface area contributed by atoms with Gasteiger partial charge >= 0.3 is 0 Å². The SMILES string of the molecule is N#Cc1ccc(COc2ccc(NC(=O)c3ccccc3)cc2)cc1. The summed E-state index contributed by atoms with van der Waals surface area (Å²) in [5.74, 6) is 0.564. The van der Waals surface area contributed by atoms with Crippen LogP contribution in [-0.4, -0.2) is 5.91 Å². The van der Waals surface area contributed by atoms with E-state index in [9.17, 15) is 4.79 Å². The number of hydrogen-bond donors (Lipinski definition) is 1. The largest absolute Gasteiger partial charge is 0.489 e. The Morgan fingerprint density at radius 1 is 0.920 bits per heavy atom. The summed E-state index contributed by atoms with van der Waals surface area (Å²) in [5.41, 5.74) is 2.94. The van der Waals surface area contributed by atoms with Gasteiger partial charge in [-0.05, 0) is 54.1 Å². The van der Waals surface area contributed by atoms with E-state index in [2.05, 4.69) is 11.4 Å². The first-order valence-corrected chi connectivity index (χ1v) is 7.83. The van der Waals surface area contributed by atoms with Crippen LogP contribution in [0.15, 0.2) is 78.9 Å². The lowest BCUT2D eigenvalue weighted by atomic mass is 10.1. The van der Waals surface area contributed by atoms with E-state index in [1.54, 1.807) is 36.4 Å². The van der Waals surface area contributed by atoms with Crippen LogP contribution in [-0.2, 0) is 6.61 Å². The third-order valence-electron chi connectivity index (χ3n) is 3.64. The molecule has 25 heavy (non-hydrogen) atoms. The van der Waals surface area contributed by atoms with Gasteiger partial charge in [0.25, 0.3) is 5.91 Å². The van der Waals surface area contributed by atoms with E-state index in [4.69, 9.17) is 10.00 Å². The van der Waals surface area contributed by atoms with Crippen molar-refractivity contribution in [2.75, 3.05) is 5.32 Å². The molecular weight excluding hydrogens is 312 g/mol. The highest BCUT2D eigenvalue weighted by molar-refractivity contribution is 6.04. The average Bonchev–Trinajstić information content (AvgIpc) is 2.68. The maximum atomic E-state index is 12.1. The average molecular weight is 328 g/mol. The first-order valence-electron chi connectivity index (χ1n) is 7.83. The second-order valence-corrected chi connectivity index (χ2v) is 5.44. The van der Waals surface area contributed by atoms with E-state index in [1.165, 1.54) is 0 Å². The van der Waals surface area contributed by atoms with Crippen LogP contribution in [0.1, 0.15) is 21.5 Å². The molecule has 0 spiro atoms. The van der Waals surface area contributed by atoms with Crippen molar-refractivity contribution >= 4 is 11.6 Å². The molecule has 0 fully saturated rings. The van der Waals surface area contributed by atoms with Crippen LogP contribution in [0.4, 0.5) is 5.69 Å². The minimum atomic E-state index is -0.146. The van der Waals surface area contributed by atoms with Crippen LogP contribution in [0.2, 0.25) is 0 Å². The van der Waals surface area contributed by atoms with Gasteiger partial charge in [-0.3, -0.25) is 4.79 Å². The van der Waals surface area contributed by atoms with Gasteiger partial charge in [-0.15, -0.1) is 0 Å². The zero-order valence-corrected chi connectivity index (χ0v) is 13.5. The van der Waals surface area contributed by atoms with Gasteiger partial charge in [0.1, 0.15) is 12.4 Å². The molecule has 0 aromatic heterocycles. The Kier molecular flexibility index (Phi) is 5.08. The number of hydrogen-bond acceptors (Lipinski definition) is 3. The summed E-state index contributed by atoms with van der Waals surface area (Å²) in [7, 11) is 0. The topological polar surface area (TPSA) is 62.1 Å². The smallest absolute Gasteiger partial charge is 0.255 e. The molecule has 3 rings (SSSR count). The van der Waals surface area contributed by atoms with Crippen molar-refractivity contribution in [3.8, 4) is 11.8 Å². The first kappa shape index (κ1) is 16.3. The number of carbonyl (C=O) groups is 1. The zero-order chi connectivity index (χ0) is 17.5. The summed E-state index contributed by atoms with van der Waals surface area (Å²) in [6.07, 6.45) is 0. The van der Waals surface area contributed by atoms with Crippen molar-refractivity contribution in [2.45, 2.75) is 6.61 Å². The predicted molar refractivity (Wildman–Crippen MR) is 96.3 cm³/mol. The second-order valence-electron chi connectivity index (χ2n) is 5.44. The molecule has 0 bridgehead atoms. The van der Waals surface area contributed by atoms with Crippen LogP contribution in [0.3, 0.4) is 0 Å². The molecule has 0 atom stereocenters. The highest BCUT2D eigenvalue weighted by Gasteiger charge is 2.05. The third kappa shape index (κ3) is 4.46. The first-order chi connectivity index (χ1) is 12.2. The van der Waals surface area contributed by atoms with Gasteiger partial charge in [-0.2, -0.15) is 5.26 Å². The lowest BCUT2D eigenvalue weighted by Crippen LogP contribution is -2.11. The summed E-state index contributed by atoms with van der Waals surface area (Å²) in [5, 5.41) is 11.6. The monoisotopic (exact) mass is 328 g/mol. The zero-order valence-electron chi connectivity index (χ0n) is 13.5. The lowest BCUT2D eigenvalue weighted by molar-refractivity contribution is 0.102. The van der Waals surface area contributed by atoms with Crippen LogP contribution >= 0.6 is 0 Å². The summed E-state index contributed by atoms with van der Waals surface area (Å²) in [4.78, 5) is 12.1. The Morgan fingerprint density at radius 3 is 2.24 bits per heavy atom. The molecule has 122 valence electrons. The molecule has 0 saturated carbocycles. The molecule has 4 nitrogen and oxygen atoms in total. The van der Waals surface area contributed by atoms with E-state index >= 15 is 0 Å². The van der Waals surface area contributed by atoms with Gasteiger partial charge < -0.3 is 10.1 Å². The van der Waals surface area contributed by atoms with Gasteiger partial charge in [0, 0.05) is 11.3 Å². The summed E-state index contributed by atoms with van der Waals surface area (Å²) in [6, 6.07) is 25.6. The number of benzene rings is 3. The highest BCUT2D eigenvalue weighted by Crippen LogP contribution is 2.18. The fourth-order valence-corrected chi connectivity index (χ4v) is 2.27. The summed E-state index contributed by atoms with van der Waals surface area (Å²) >= 11 is 0. The quantitative estimate of drug-likeness (QED) is 0.755. The van der Waals surface area contributed by atoms with Crippen LogP contribution in [0.25, 0.3) is 0 Å². The van der Waals surface area contributed by atoms with E-state index in [1.807, 2.05) is 42.5 Å². The number of nitriles is 1. The normalized spacial score (nSPS) is 9.88. The molecule has 3 aromatic rings. The highest BCUT2D eigenvalue weighted by atomic mass is 16.5. The van der Waals surface area contributed by atoms with Crippen LogP contribution in [0.5, 0.6) is 5.75 Å². The molecule has 0 unspecified atom stereocenters. The van der Waals surface area contributed by atoms with Crippen molar-refractivity contribution in [1.29, 1.82) is 5.26 Å². The van der Waals surface area contributed by atoms with Gasteiger partial charge in [0.15, 0.2) is 0 Å². The van der Waals surface area contributed by atoms with E-state index < -0.39 is 0 Å². The molecule has 0 radical (unpaired) electrons. The number of nitrogens with zero attached hydrogens (tertiary/aromatic N) is 1. The Labute approximate surface area is 146 Å². The molecule has 4 heteroatoms. The summed E-state index contributed by atoms with van der Waals surface area (Å²) in [6.45, 7) is 0.418. The van der Waals surface area contributed by atoms with E-state index in [-0.39, 0.29) is 5.91 Å². The minimum Gasteiger partial charge on any atom is -0.489 e. The number of amides is 1. The van der Waals surface area contributed by atoms with Gasteiger partial charge in [-0.25, -0.2) is 0 Å². The van der Waals surface area contributed by atoms with E-state index in [0.29, 0.717) is 29.2 Å². The molecule has 1 amide bonds. The fraction of sp³-hybridized carbons (Fsp3) is 0.0476. The van der Waals surface area contributed by atoms with Crippen molar-refractivity contribution in [3.63, 3.8) is 0 Å². The number of rotatable bonds is 5. The molecule has 0 heterocycles. The maximum absolute atomic E-state index is 12.1. The predicted octanol–water partition coefficient (Wildman–Crippen LogP) is 4.39. The molecule has 0 aliphatic carbocycles. The van der Waals surface area contributed by atoms with Gasteiger partial charge in [0.2, 0.25) is 0 Å². The number of carbonyl (C=O) groups excluding carboxylic acids is 1. The maximum Gasteiger partial charge on any atom is 0.255 e.